The Morgan fingerprint density at radius 2 is 2.00 bits per heavy atom. The molecule has 1 aromatic heterocycles. The number of benzene rings is 1. The van der Waals surface area contributed by atoms with Gasteiger partial charge in [0.25, 0.3) is 0 Å². The third kappa shape index (κ3) is 6.61. The fraction of sp³-hybridized carbons (Fsp3) is 0.500. The van der Waals surface area contributed by atoms with Crippen LogP contribution in [0.1, 0.15) is 25.1 Å². The van der Waals surface area contributed by atoms with Crippen LogP contribution in [0.5, 0.6) is 0 Å². The van der Waals surface area contributed by atoms with Crippen molar-refractivity contribution >= 4 is 0 Å². The second-order valence-electron chi connectivity index (χ2n) is 6.95. The number of aliphatic hydroxyl groups excluding tert-OH is 1. The topological polar surface area (TPSA) is 37.6 Å². The van der Waals surface area contributed by atoms with Crippen LogP contribution in [-0.4, -0.2) is 47.5 Å². The first-order valence-corrected chi connectivity index (χ1v) is 8.75. The average Bonchev–Trinajstić information content (AvgIpc) is 2.93. The number of hydrogen-bond donors (Lipinski definition) is 1. The summed E-state index contributed by atoms with van der Waals surface area (Å²) in [5.41, 5.74) is 2.09. The minimum absolute atomic E-state index is 0.213. The van der Waals surface area contributed by atoms with Gasteiger partial charge < -0.3 is 14.4 Å². The van der Waals surface area contributed by atoms with Crippen LogP contribution in [0.3, 0.4) is 0 Å². The van der Waals surface area contributed by atoms with E-state index in [1.165, 1.54) is 6.07 Å². The summed E-state index contributed by atoms with van der Waals surface area (Å²) in [5.74, 6) is 0.289. The van der Waals surface area contributed by atoms with E-state index in [-0.39, 0.29) is 5.82 Å². The molecule has 1 heterocycles. The Morgan fingerprint density at radius 3 is 2.68 bits per heavy atom. The number of aromatic nitrogens is 1. The Hall–Kier alpha value is -1.69. The van der Waals surface area contributed by atoms with Gasteiger partial charge in [-0.2, -0.15) is 0 Å². The fourth-order valence-corrected chi connectivity index (χ4v) is 3.07. The lowest BCUT2D eigenvalue weighted by Gasteiger charge is -2.27. The summed E-state index contributed by atoms with van der Waals surface area (Å²) in [5, 5.41) is 10.1. The molecule has 0 unspecified atom stereocenters. The minimum Gasteiger partial charge on any atom is -0.389 e. The molecule has 138 valence electrons. The second kappa shape index (κ2) is 9.70. The molecule has 5 heteroatoms. The molecule has 0 saturated heterocycles. The Morgan fingerprint density at radius 1 is 1.20 bits per heavy atom. The summed E-state index contributed by atoms with van der Waals surface area (Å²) in [6, 6.07) is 10.8. The molecule has 0 bridgehead atoms. The van der Waals surface area contributed by atoms with Crippen molar-refractivity contribution in [2.75, 3.05) is 26.8 Å². The Kier molecular flexibility index (Phi) is 7.62. The molecule has 1 N–H and O–H groups in total. The van der Waals surface area contributed by atoms with Crippen LogP contribution in [0.15, 0.2) is 42.6 Å². The zero-order chi connectivity index (χ0) is 18.2. The minimum atomic E-state index is -0.504. The van der Waals surface area contributed by atoms with Gasteiger partial charge in [0, 0.05) is 45.2 Å². The number of halogens is 1. The van der Waals surface area contributed by atoms with Gasteiger partial charge in [-0.25, -0.2) is 4.39 Å². The van der Waals surface area contributed by atoms with Gasteiger partial charge in [0.05, 0.1) is 12.7 Å². The van der Waals surface area contributed by atoms with Crippen LogP contribution in [-0.2, 0) is 17.8 Å². The number of rotatable bonds is 10. The van der Waals surface area contributed by atoms with Gasteiger partial charge in [-0.15, -0.1) is 0 Å². The maximum Gasteiger partial charge on any atom is 0.123 e. The highest BCUT2D eigenvalue weighted by atomic mass is 19.1. The van der Waals surface area contributed by atoms with Crippen molar-refractivity contribution < 1.29 is 14.2 Å². The van der Waals surface area contributed by atoms with Crippen LogP contribution >= 0.6 is 0 Å². The molecule has 0 radical (unpaired) electrons. The maximum absolute atomic E-state index is 13.4. The number of hydrogen-bond acceptors (Lipinski definition) is 3. The molecule has 0 spiro atoms. The van der Waals surface area contributed by atoms with E-state index in [0.717, 1.165) is 24.3 Å². The zero-order valence-electron chi connectivity index (χ0n) is 15.4. The lowest BCUT2D eigenvalue weighted by atomic mass is 10.2. The molecule has 0 fully saturated rings. The Labute approximate surface area is 149 Å². The van der Waals surface area contributed by atoms with E-state index >= 15 is 0 Å². The van der Waals surface area contributed by atoms with E-state index in [1.807, 2.05) is 18.3 Å². The molecule has 2 aromatic rings. The smallest absolute Gasteiger partial charge is 0.123 e. The Bertz CT molecular complexity index is 642. The molecule has 0 amide bonds. The standard InChI is InChI=1S/C20H29FN2O2/c1-16(2)11-22(14-20(24)15-25-3)13-19-8-5-9-23(19)12-17-6-4-7-18(21)10-17/h4-10,16,20,24H,11-15H2,1-3H3/t20-/m1/s1. The van der Waals surface area contributed by atoms with Crippen LogP contribution in [0.4, 0.5) is 4.39 Å². The molecule has 1 aromatic carbocycles. The van der Waals surface area contributed by atoms with Gasteiger partial charge in [0.15, 0.2) is 0 Å². The predicted octanol–water partition coefficient (Wildman–Crippen LogP) is 3.14. The molecule has 25 heavy (non-hydrogen) atoms. The second-order valence-corrected chi connectivity index (χ2v) is 6.95. The quantitative estimate of drug-likeness (QED) is 0.717. The van der Waals surface area contributed by atoms with Gasteiger partial charge in [0.1, 0.15) is 5.82 Å². The van der Waals surface area contributed by atoms with Gasteiger partial charge in [0.2, 0.25) is 0 Å². The number of methoxy groups -OCH3 is 1. The highest BCUT2D eigenvalue weighted by molar-refractivity contribution is 5.18. The third-order valence-electron chi connectivity index (χ3n) is 4.00. The van der Waals surface area contributed by atoms with Crippen molar-refractivity contribution in [3.63, 3.8) is 0 Å². The van der Waals surface area contributed by atoms with Crippen LogP contribution in [0.2, 0.25) is 0 Å². The lowest BCUT2D eigenvalue weighted by Crippen LogP contribution is -2.37. The van der Waals surface area contributed by atoms with Gasteiger partial charge >= 0.3 is 0 Å². The predicted molar refractivity (Wildman–Crippen MR) is 97.9 cm³/mol. The third-order valence-corrected chi connectivity index (χ3v) is 4.00. The van der Waals surface area contributed by atoms with Crippen LogP contribution in [0.25, 0.3) is 0 Å². The summed E-state index contributed by atoms with van der Waals surface area (Å²) < 4.78 is 20.6. The summed E-state index contributed by atoms with van der Waals surface area (Å²) in [6.45, 7) is 7.50. The molecule has 0 saturated carbocycles. The largest absolute Gasteiger partial charge is 0.389 e. The zero-order valence-corrected chi connectivity index (χ0v) is 15.4. The Balaban J connectivity index is 2.07. The van der Waals surface area contributed by atoms with Crippen LogP contribution in [0, 0.1) is 11.7 Å². The van der Waals surface area contributed by atoms with E-state index < -0.39 is 6.10 Å². The van der Waals surface area contributed by atoms with Crippen molar-refractivity contribution in [1.29, 1.82) is 0 Å². The molecule has 0 aliphatic heterocycles. The highest BCUT2D eigenvalue weighted by Gasteiger charge is 2.15. The summed E-state index contributed by atoms with van der Waals surface area (Å²) in [7, 11) is 1.60. The van der Waals surface area contributed by atoms with Crippen molar-refractivity contribution in [3.05, 3.63) is 59.7 Å². The first-order chi connectivity index (χ1) is 12.0. The highest BCUT2D eigenvalue weighted by Crippen LogP contribution is 2.13. The fourth-order valence-electron chi connectivity index (χ4n) is 3.07. The van der Waals surface area contributed by atoms with Gasteiger partial charge in [-0.1, -0.05) is 26.0 Å². The number of nitrogens with zero attached hydrogens (tertiary/aromatic N) is 2. The van der Waals surface area contributed by atoms with E-state index in [2.05, 4.69) is 29.4 Å². The monoisotopic (exact) mass is 348 g/mol. The van der Waals surface area contributed by atoms with Gasteiger partial charge in [-0.3, -0.25) is 4.90 Å². The first kappa shape index (κ1) is 19.6. The first-order valence-electron chi connectivity index (χ1n) is 8.75. The molecule has 2 rings (SSSR count). The van der Waals surface area contributed by atoms with Gasteiger partial charge in [-0.05, 0) is 35.7 Å². The van der Waals surface area contributed by atoms with E-state index in [9.17, 15) is 9.50 Å². The summed E-state index contributed by atoms with van der Waals surface area (Å²) >= 11 is 0. The van der Waals surface area contributed by atoms with Crippen molar-refractivity contribution in [2.45, 2.75) is 33.0 Å². The average molecular weight is 348 g/mol. The van der Waals surface area contributed by atoms with E-state index in [0.29, 0.717) is 25.6 Å². The molecule has 1 atom stereocenters. The normalized spacial score (nSPS) is 12.9. The lowest BCUT2D eigenvalue weighted by molar-refractivity contribution is 0.0326. The van der Waals surface area contributed by atoms with Crippen LogP contribution < -0.4 is 0 Å². The van der Waals surface area contributed by atoms with Crippen molar-refractivity contribution in [1.82, 2.24) is 9.47 Å². The van der Waals surface area contributed by atoms with Crippen molar-refractivity contribution in [3.8, 4) is 0 Å². The SMILES string of the molecule is COC[C@H](O)CN(Cc1cccn1Cc1cccc(F)c1)CC(C)C. The maximum atomic E-state index is 13.4. The number of ether oxygens (including phenoxy) is 1. The van der Waals surface area contributed by atoms with Crippen molar-refractivity contribution in [2.24, 2.45) is 5.92 Å². The molecule has 0 aliphatic carbocycles. The number of aliphatic hydroxyl groups is 1. The summed E-state index contributed by atoms with van der Waals surface area (Å²) in [4.78, 5) is 2.24. The molecule has 4 nitrogen and oxygen atoms in total. The van der Waals surface area contributed by atoms with E-state index in [4.69, 9.17) is 4.74 Å². The molecule has 0 aliphatic rings. The molecular weight excluding hydrogens is 319 g/mol. The van der Waals surface area contributed by atoms with E-state index in [1.54, 1.807) is 19.2 Å². The molecular formula is C20H29FN2O2. The summed E-state index contributed by atoms with van der Waals surface area (Å²) in [6.07, 6.45) is 1.51.